The Morgan fingerprint density at radius 2 is 2.12 bits per heavy atom. The SMILES string of the molecule is OCCOc1ccccc1CNC1CCCOc2cc(Cl)ccc21. The van der Waals surface area contributed by atoms with Crippen molar-refractivity contribution in [3.05, 3.63) is 58.6 Å². The molecule has 0 aromatic heterocycles. The molecule has 1 unspecified atom stereocenters. The van der Waals surface area contributed by atoms with Crippen LogP contribution in [0.3, 0.4) is 0 Å². The Bertz CT molecular complexity index is 677. The average Bonchev–Trinajstić information content (AvgIpc) is 2.80. The topological polar surface area (TPSA) is 50.7 Å². The van der Waals surface area contributed by atoms with Gasteiger partial charge in [-0.25, -0.2) is 0 Å². The lowest BCUT2D eigenvalue weighted by Crippen LogP contribution is -2.21. The van der Waals surface area contributed by atoms with Crippen LogP contribution in [0.4, 0.5) is 0 Å². The van der Waals surface area contributed by atoms with Crippen LogP contribution < -0.4 is 14.8 Å². The van der Waals surface area contributed by atoms with Gasteiger partial charge in [0, 0.05) is 28.7 Å². The monoisotopic (exact) mass is 347 g/mol. The summed E-state index contributed by atoms with van der Waals surface area (Å²) in [6, 6.07) is 13.9. The molecule has 4 nitrogen and oxygen atoms in total. The summed E-state index contributed by atoms with van der Waals surface area (Å²) in [6.45, 7) is 1.71. The Balaban J connectivity index is 1.73. The fraction of sp³-hybridized carbons (Fsp3) is 0.368. The summed E-state index contributed by atoms with van der Waals surface area (Å²) in [5, 5.41) is 13.2. The molecular weight excluding hydrogens is 326 g/mol. The maximum atomic E-state index is 8.95. The first kappa shape index (κ1) is 17.1. The van der Waals surface area contributed by atoms with E-state index in [1.54, 1.807) is 0 Å². The van der Waals surface area contributed by atoms with Crippen molar-refractivity contribution in [3.8, 4) is 11.5 Å². The molecule has 3 rings (SSSR count). The molecular formula is C19H22ClNO3. The highest BCUT2D eigenvalue weighted by Gasteiger charge is 2.20. The molecule has 0 fully saturated rings. The molecule has 1 atom stereocenters. The minimum absolute atomic E-state index is 0.00978. The Morgan fingerprint density at radius 1 is 1.25 bits per heavy atom. The first-order chi connectivity index (χ1) is 11.8. The Kier molecular flexibility index (Phi) is 5.96. The maximum absolute atomic E-state index is 8.95. The van der Waals surface area contributed by atoms with Crippen molar-refractivity contribution in [2.45, 2.75) is 25.4 Å². The van der Waals surface area contributed by atoms with Gasteiger partial charge in [0.25, 0.3) is 0 Å². The second kappa shape index (κ2) is 8.38. The number of ether oxygens (including phenoxy) is 2. The van der Waals surface area contributed by atoms with Gasteiger partial charge in [-0.3, -0.25) is 0 Å². The summed E-state index contributed by atoms with van der Waals surface area (Å²) in [7, 11) is 0. The number of hydrogen-bond donors (Lipinski definition) is 2. The van der Waals surface area contributed by atoms with Crippen LogP contribution >= 0.6 is 11.6 Å². The smallest absolute Gasteiger partial charge is 0.125 e. The lowest BCUT2D eigenvalue weighted by atomic mass is 10.0. The van der Waals surface area contributed by atoms with Gasteiger partial charge in [-0.1, -0.05) is 35.9 Å². The predicted octanol–water partition coefficient (Wildman–Crippen LogP) is 3.71. The standard InChI is InChI=1S/C19H22ClNO3/c20-15-7-8-16-17(5-3-10-23-19(16)12-15)21-13-14-4-1-2-6-18(14)24-11-9-22/h1-2,4,6-8,12,17,21-22H,3,5,9-11,13H2. The van der Waals surface area contributed by atoms with E-state index < -0.39 is 0 Å². The molecule has 0 aliphatic carbocycles. The maximum Gasteiger partial charge on any atom is 0.125 e. The third kappa shape index (κ3) is 4.20. The zero-order valence-electron chi connectivity index (χ0n) is 13.5. The third-order valence-electron chi connectivity index (χ3n) is 4.11. The van der Waals surface area contributed by atoms with Gasteiger partial charge in [-0.2, -0.15) is 0 Å². The van der Waals surface area contributed by atoms with Crippen LogP contribution in [0.5, 0.6) is 11.5 Å². The highest BCUT2D eigenvalue weighted by atomic mass is 35.5. The first-order valence-corrected chi connectivity index (χ1v) is 8.63. The van der Waals surface area contributed by atoms with Crippen molar-refractivity contribution in [2.24, 2.45) is 0 Å². The molecule has 0 bridgehead atoms. The van der Waals surface area contributed by atoms with Gasteiger partial charge in [-0.05, 0) is 31.0 Å². The molecule has 1 aliphatic rings. The number of para-hydroxylation sites is 1. The van der Waals surface area contributed by atoms with E-state index in [4.69, 9.17) is 26.2 Å². The molecule has 128 valence electrons. The number of rotatable bonds is 6. The molecule has 0 radical (unpaired) electrons. The van der Waals surface area contributed by atoms with Crippen molar-refractivity contribution < 1.29 is 14.6 Å². The molecule has 0 amide bonds. The van der Waals surface area contributed by atoms with E-state index in [9.17, 15) is 0 Å². The highest BCUT2D eigenvalue weighted by molar-refractivity contribution is 6.30. The predicted molar refractivity (Wildman–Crippen MR) is 94.8 cm³/mol. The molecule has 1 heterocycles. The molecule has 2 N–H and O–H groups in total. The molecule has 5 heteroatoms. The van der Waals surface area contributed by atoms with E-state index in [0.717, 1.165) is 35.5 Å². The van der Waals surface area contributed by atoms with E-state index in [-0.39, 0.29) is 12.6 Å². The molecule has 2 aromatic rings. The third-order valence-corrected chi connectivity index (χ3v) is 4.34. The van der Waals surface area contributed by atoms with Crippen molar-refractivity contribution in [2.75, 3.05) is 19.8 Å². The van der Waals surface area contributed by atoms with Crippen molar-refractivity contribution in [1.29, 1.82) is 0 Å². The van der Waals surface area contributed by atoms with Gasteiger partial charge in [0.15, 0.2) is 0 Å². The summed E-state index contributed by atoms with van der Waals surface area (Å²) in [5.74, 6) is 1.67. The minimum Gasteiger partial charge on any atom is -0.493 e. The van der Waals surface area contributed by atoms with Crippen molar-refractivity contribution in [1.82, 2.24) is 5.32 Å². The summed E-state index contributed by atoms with van der Waals surface area (Å²) in [4.78, 5) is 0. The molecule has 2 aromatic carbocycles. The lowest BCUT2D eigenvalue weighted by Gasteiger charge is -2.20. The molecule has 0 saturated carbocycles. The summed E-state index contributed by atoms with van der Waals surface area (Å²) in [6.07, 6.45) is 2.00. The number of halogens is 1. The fourth-order valence-electron chi connectivity index (χ4n) is 2.94. The van der Waals surface area contributed by atoms with E-state index >= 15 is 0 Å². The Morgan fingerprint density at radius 3 is 3.00 bits per heavy atom. The van der Waals surface area contributed by atoms with E-state index in [2.05, 4.69) is 5.32 Å². The van der Waals surface area contributed by atoms with Gasteiger partial charge < -0.3 is 19.9 Å². The van der Waals surface area contributed by atoms with Gasteiger partial charge in [0.2, 0.25) is 0 Å². The van der Waals surface area contributed by atoms with Crippen molar-refractivity contribution >= 4 is 11.6 Å². The van der Waals surface area contributed by atoms with Gasteiger partial charge in [0.1, 0.15) is 18.1 Å². The van der Waals surface area contributed by atoms with Gasteiger partial charge in [0.05, 0.1) is 13.2 Å². The van der Waals surface area contributed by atoms with Crippen molar-refractivity contribution in [3.63, 3.8) is 0 Å². The number of benzene rings is 2. The largest absolute Gasteiger partial charge is 0.493 e. The first-order valence-electron chi connectivity index (χ1n) is 8.25. The van der Waals surface area contributed by atoms with Crippen LogP contribution in [0.25, 0.3) is 0 Å². The summed E-state index contributed by atoms with van der Waals surface area (Å²) in [5.41, 5.74) is 2.22. The Labute approximate surface area is 147 Å². The van der Waals surface area contributed by atoms with E-state index in [0.29, 0.717) is 24.8 Å². The zero-order chi connectivity index (χ0) is 16.8. The summed E-state index contributed by atoms with van der Waals surface area (Å²) >= 11 is 6.08. The second-order valence-electron chi connectivity index (χ2n) is 5.79. The number of aliphatic hydroxyl groups is 1. The quantitative estimate of drug-likeness (QED) is 0.836. The number of nitrogens with one attached hydrogen (secondary N) is 1. The molecule has 1 aliphatic heterocycles. The van der Waals surface area contributed by atoms with Crippen LogP contribution in [-0.4, -0.2) is 24.9 Å². The fourth-order valence-corrected chi connectivity index (χ4v) is 3.10. The van der Waals surface area contributed by atoms with Gasteiger partial charge in [-0.15, -0.1) is 0 Å². The normalized spacial score (nSPS) is 16.8. The second-order valence-corrected chi connectivity index (χ2v) is 6.22. The highest BCUT2D eigenvalue weighted by Crippen LogP contribution is 2.34. The molecule has 0 saturated heterocycles. The Hall–Kier alpha value is -1.75. The van der Waals surface area contributed by atoms with Crippen LogP contribution in [-0.2, 0) is 6.54 Å². The minimum atomic E-state index is 0.00978. The van der Waals surface area contributed by atoms with Crippen LogP contribution in [0, 0.1) is 0 Å². The number of hydrogen-bond acceptors (Lipinski definition) is 4. The van der Waals surface area contributed by atoms with Crippen LogP contribution in [0.1, 0.15) is 30.0 Å². The molecule has 0 spiro atoms. The van der Waals surface area contributed by atoms with Crippen LogP contribution in [0.2, 0.25) is 5.02 Å². The van der Waals surface area contributed by atoms with Gasteiger partial charge >= 0.3 is 0 Å². The summed E-state index contributed by atoms with van der Waals surface area (Å²) < 4.78 is 11.4. The number of aliphatic hydroxyl groups excluding tert-OH is 1. The van der Waals surface area contributed by atoms with E-state index in [1.165, 1.54) is 0 Å². The van der Waals surface area contributed by atoms with E-state index in [1.807, 2.05) is 42.5 Å². The lowest BCUT2D eigenvalue weighted by molar-refractivity contribution is 0.200. The molecule has 24 heavy (non-hydrogen) atoms. The average molecular weight is 348 g/mol. The number of fused-ring (bicyclic) bond motifs is 1. The van der Waals surface area contributed by atoms with Crippen LogP contribution in [0.15, 0.2) is 42.5 Å². The zero-order valence-corrected chi connectivity index (χ0v) is 14.3.